The fraction of sp³-hybridized carbons (Fsp3) is 0.600. The number of nitrogens with two attached hydrogens (primary N) is 1. The highest BCUT2D eigenvalue weighted by Crippen LogP contribution is 2.32. The van der Waals surface area contributed by atoms with Crippen molar-refractivity contribution in [2.45, 2.75) is 25.5 Å². The number of likely N-dealkylation sites (N-methyl/N-ethyl adjacent to an activating group) is 1. The normalized spacial score (nSPS) is 17.1. The van der Waals surface area contributed by atoms with Crippen LogP contribution in [0.4, 0.5) is 0 Å². The summed E-state index contributed by atoms with van der Waals surface area (Å²) < 4.78 is 5.28. The predicted octanol–water partition coefficient (Wildman–Crippen LogP) is 2.17. The van der Waals surface area contributed by atoms with Gasteiger partial charge in [0.15, 0.2) is 0 Å². The van der Waals surface area contributed by atoms with Gasteiger partial charge in [0.25, 0.3) is 0 Å². The summed E-state index contributed by atoms with van der Waals surface area (Å²) >= 11 is 0. The van der Waals surface area contributed by atoms with Crippen molar-refractivity contribution in [2.24, 2.45) is 11.7 Å². The molecule has 0 bridgehead atoms. The zero-order valence-corrected chi connectivity index (χ0v) is 11.4. The van der Waals surface area contributed by atoms with Crippen LogP contribution in [-0.2, 0) is 11.3 Å². The van der Waals surface area contributed by atoms with Crippen molar-refractivity contribution in [1.29, 1.82) is 0 Å². The van der Waals surface area contributed by atoms with Gasteiger partial charge in [0, 0.05) is 26.2 Å². The number of methoxy groups -OCH3 is 1. The molecule has 1 aromatic rings. The molecule has 2 N–H and O–H groups in total. The SMILES string of the molecule is COCc1ccccc1C(CN)N(C)CC1CC1. The van der Waals surface area contributed by atoms with Gasteiger partial charge in [-0.1, -0.05) is 24.3 Å². The standard InChI is InChI=1S/C15H24N2O/c1-17(10-12-7-8-12)15(9-16)14-6-4-3-5-13(14)11-18-2/h3-6,12,15H,7-11,16H2,1-2H3. The van der Waals surface area contributed by atoms with E-state index in [9.17, 15) is 0 Å². The third-order valence-corrected chi connectivity index (χ3v) is 3.71. The van der Waals surface area contributed by atoms with Crippen LogP contribution in [0.15, 0.2) is 24.3 Å². The van der Waals surface area contributed by atoms with Crippen molar-refractivity contribution in [3.63, 3.8) is 0 Å². The molecule has 1 saturated carbocycles. The lowest BCUT2D eigenvalue weighted by molar-refractivity contribution is 0.179. The maximum absolute atomic E-state index is 5.98. The number of rotatable bonds is 7. The highest BCUT2D eigenvalue weighted by Gasteiger charge is 2.26. The van der Waals surface area contributed by atoms with Crippen molar-refractivity contribution in [3.05, 3.63) is 35.4 Å². The maximum Gasteiger partial charge on any atom is 0.0716 e. The first-order chi connectivity index (χ1) is 8.76. The van der Waals surface area contributed by atoms with Crippen molar-refractivity contribution in [3.8, 4) is 0 Å². The van der Waals surface area contributed by atoms with E-state index >= 15 is 0 Å². The summed E-state index contributed by atoms with van der Waals surface area (Å²) in [7, 11) is 3.92. The van der Waals surface area contributed by atoms with Crippen LogP contribution in [-0.4, -0.2) is 32.1 Å². The van der Waals surface area contributed by atoms with E-state index in [0.29, 0.717) is 19.2 Å². The van der Waals surface area contributed by atoms with E-state index < -0.39 is 0 Å². The number of hydrogen-bond donors (Lipinski definition) is 1. The Morgan fingerprint density at radius 1 is 1.39 bits per heavy atom. The topological polar surface area (TPSA) is 38.5 Å². The van der Waals surface area contributed by atoms with E-state index in [1.807, 2.05) is 0 Å². The lowest BCUT2D eigenvalue weighted by Gasteiger charge is -2.29. The summed E-state index contributed by atoms with van der Waals surface area (Å²) in [4.78, 5) is 2.40. The Labute approximate surface area is 110 Å². The fourth-order valence-electron chi connectivity index (χ4n) is 2.53. The smallest absolute Gasteiger partial charge is 0.0716 e. The second-order valence-corrected chi connectivity index (χ2v) is 5.27. The van der Waals surface area contributed by atoms with E-state index in [0.717, 1.165) is 12.5 Å². The van der Waals surface area contributed by atoms with Gasteiger partial charge in [-0.3, -0.25) is 4.90 Å². The van der Waals surface area contributed by atoms with Crippen LogP contribution < -0.4 is 5.73 Å². The Bertz CT molecular complexity index is 377. The van der Waals surface area contributed by atoms with Crippen molar-refractivity contribution < 1.29 is 4.74 Å². The molecule has 1 aliphatic carbocycles. The van der Waals surface area contributed by atoms with Gasteiger partial charge in [0.05, 0.1) is 6.61 Å². The van der Waals surface area contributed by atoms with Crippen molar-refractivity contribution in [2.75, 3.05) is 27.2 Å². The summed E-state index contributed by atoms with van der Waals surface area (Å²) in [5, 5.41) is 0. The Morgan fingerprint density at radius 2 is 2.11 bits per heavy atom. The molecule has 0 saturated heterocycles. The van der Waals surface area contributed by atoms with Crippen LogP contribution in [0.25, 0.3) is 0 Å². The first-order valence-electron chi connectivity index (χ1n) is 6.73. The van der Waals surface area contributed by atoms with Crippen LogP contribution in [0.3, 0.4) is 0 Å². The summed E-state index contributed by atoms with van der Waals surface area (Å²) in [6.45, 7) is 2.47. The number of nitrogens with zero attached hydrogens (tertiary/aromatic N) is 1. The van der Waals surface area contributed by atoms with Gasteiger partial charge in [0.1, 0.15) is 0 Å². The second kappa shape index (κ2) is 6.32. The van der Waals surface area contributed by atoms with Crippen LogP contribution in [0.1, 0.15) is 30.0 Å². The molecule has 18 heavy (non-hydrogen) atoms. The van der Waals surface area contributed by atoms with Crippen LogP contribution in [0, 0.1) is 5.92 Å². The molecule has 2 rings (SSSR count). The fourth-order valence-corrected chi connectivity index (χ4v) is 2.53. The average Bonchev–Trinajstić information content (AvgIpc) is 3.16. The third kappa shape index (κ3) is 3.31. The van der Waals surface area contributed by atoms with Crippen LogP contribution in [0.2, 0.25) is 0 Å². The van der Waals surface area contributed by atoms with Gasteiger partial charge in [-0.2, -0.15) is 0 Å². The number of benzene rings is 1. The van der Waals surface area contributed by atoms with Crippen molar-refractivity contribution in [1.82, 2.24) is 4.90 Å². The van der Waals surface area contributed by atoms with Gasteiger partial charge >= 0.3 is 0 Å². The summed E-state index contributed by atoms with van der Waals surface area (Å²) in [6.07, 6.45) is 2.75. The first-order valence-corrected chi connectivity index (χ1v) is 6.73. The zero-order valence-electron chi connectivity index (χ0n) is 11.4. The molecule has 1 unspecified atom stereocenters. The second-order valence-electron chi connectivity index (χ2n) is 5.27. The number of ether oxygens (including phenoxy) is 1. The highest BCUT2D eigenvalue weighted by molar-refractivity contribution is 5.30. The average molecular weight is 248 g/mol. The Balaban J connectivity index is 2.14. The third-order valence-electron chi connectivity index (χ3n) is 3.71. The van der Waals surface area contributed by atoms with E-state index in [1.54, 1.807) is 7.11 Å². The lowest BCUT2D eigenvalue weighted by Crippen LogP contribution is -2.32. The van der Waals surface area contributed by atoms with Crippen LogP contribution >= 0.6 is 0 Å². The maximum atomic E-state index is 5.98. The largest absolute Gasteiger partial charge is 0.380 e. The molecule has 0 heterocycles. The Kier molecular flexibility index (Phi) is 4.75. The highest BCUT2D eigenvalue weighted by atomic mass is 16.5. The summed E-state index contributed by atoms with van der Waals surface area (Å²) in [5.41, 5.74) is 8.54. The molecular formula is C15H24N2O. The van der Waals surface area contributed by atoms with E-state index in [-0.39, 0.29) is 0 Å². The van der Waals surface area contributed by atoms with Gasteiger partial charge < -0.3 is 10.5 Å². The molecule has 0 amide bonds. The molecule has 3 nitrogen and oxygen atoms in total. The quantitative estimate of drug-likeness (QED) is 0.803. The van der Waals surface area contributed by atoms with Gasteiger partial charge in [-0.15, -0.1) is 0 Å². The summed E-state index contributed by atoms with van der Waals surface area (Å²) in [5.74, 6) is 0.888. The predicted molar refractivity (Wildman–Crippen MR) is 74.3 cm³/mol. The molecule has 3 heteroatoms. The minimum absolute atomic E-state index is 0.303. The molecule has 1 atom stereocenters. The zero-order chi connectivity index (χ0) is 13.0. The lowest BCUT2D eigenvalue weighted by atomic mass is 9.99. The molecule has 0 spiro atoms. The van der Waals surface area contributed by atoms with Crippen molar-refractivity contribution >= 4 is 0 Å². The van der Waals surface area contributed by atoms with Crippen LogP contribution in [0.5, 0.6) is 0 Å². The van der Waals surface area contributed by atoms with E-state index in [1.165, 1.54) is 24.0 Å². The molecule has 1 aliphatic rings. The molecule has 0 radical (unpaired) electrons. The van der Waals surface area contributed by atoms with Gasteiger partial charge in [0.2, 0.25) is 0 Å². The molecule has 1 fully saturated rings. The molecule has 0 aliphatic heterocycles. The van der Waals surface area contributed by atoms with E-state index in [2.05, 4.69) is 36.2 Å². The minimum Gasteiger partial charge on any atom is -0.380 e. The monoisotopic (exact) mass is 248 g/mol. The molecule has 1 aromatic carbocycles. The van der Waals surface area contributed by atoms with Gasteiger partial charge in [-0.05, 0) is 36.9 Å². The Morgan fingerprint density at radius 3 is 2.72 bits per heavy atom. The minimum atomic E-state index is 0.303. The number of hydrogen-bond acceptors (Lipinski definition) is 3. The first kappa shape index (κ1) is 13.5. The molecule has 0 aromatic heterocycles. The molecule has 100 valence electrons. The molecular weight excluding hydrogens is 224 g/mol. The Hall–Kier alpha value is -0.900. The summed E-state index contributed by atoms with van der Waals surface area (Å²) in [6, 6.07) is 8.76. The van der Waals surface area contributed by atoms with Gasteiger partial charge in [-0.25, -0.2) is 0 Å². The van der Waals surface area contributed by atoms with E-state index in [4.69, 9.17) is 10.5 Å².